The van der Waals surface area contributed by atoms with E-state index in [9.17, 15) is 96.6 Å². The first kappa shape index (κ1) is 35.8. The normalized spacial score (nSPS) is 20.3. The fraction of sp³-hybridized carbons (Fsp3) is 1.00. The van der Waals surface area contributed by atoms with Crippen LogP contribution in [0.25, 0.3) is 0 Å². The van der Waals surface area contributed by atoms with E-state index in [-0.39, 0.29) is 6.61 Å². The van der Waals surface area contributed by atoms with Crippen LogP contribution in [0, 0.1) is 0 Å². The summed E-state index contributed by atoms with van der Waals surface area (Å²) < 4.78 is 296. The summed E-state index contributed by atoms with van der Waals surface area (Å²) in [5.74, 6) is -78.4. The van der Waals surface area contributed by atoms with Crippen LogP contribution in [-0.4, -0.2) is 83.4 Å². The van der Waals surface area contributed by atoms with E-state index >= 15 is 0 Å². The molecule has 1 aliphatic heterocycles. The average molecular weight is 654 g/mol. The van der Waals surface area contributed by atoms with Crippen LogP contribution in [0.2, 0.25) is 0 Å². The van der Waals surface area contributed by atoms with Crippen molar-refractivity contribution in [2.24, 2.45) is 0 Å². The second kappa shape index (κ2) is 9.66. The minimum Gasteiger partial charge on any atom is -0.372 e. The summed E-state index contributed by atoms with van der Waals surface area (Å²) in [5.41, 5.74) is -3.42. The molecule has 1 rings (SSSR count). The van der Waals surface area contributed by atoms with Crippen LogP contribution in [-0.2, 0) is 4.74 Å². The van der Waals surface area contributed by atoms with Crippen LogP contribution < -0.4 is 0 Å². The van der Waals surface area contributed by atoms with Crippen LogP contribution in [0.1, 0.15) is 6.42 Å². The van der Waals surface area contributed by atoms with E-state index in [1.165, 1.54) is 0 Å². The smallest absolute Gasteiger partial charge is 0.372 e. The van der Waals surface area contributed by atoms with Gasteiger partial charge in [0.05, 0.1) is 19.1 Å². The van der Waals surface area contributed by atoms with Gasteiger partial charge in [-0.25, -0.2) is 4.39 Å². The Balaban J connectivity index is 3.56. The van der Waals surface area contributed by atoms with Gasteiger partial charge in [0.2, 0.25) is 0 Å². The van der Waals surface area contributed by atoms with Gasteiger partial charge in [-0.15, -0.1) is 11.8 Å². The van der Waals surface area contributed by atoms with Gasteiger partial charge in [-0.3, -0.25) is 0 Å². The molecule has 0 bridgehead atoms. The van der Waals surface area contributed by atoms with Crippen molar-refractivity contribution < 1.29 is 101 Å². The Kier molecular flexibility index (Phi) is 8.87. The highest BCUT2D eigenvalue weighted by atomic mass is 32.2. The van der Waals surface area contributed by atoms with Crippen LogP contribution in [0.5, 0.6) is 0 Å². The lowest BCUT2D eigenvalue weighted by molar-refractivity contribution is -0.474. The molecule has 0 amide bonds. The lowest BCUT2D eigenvalue weighted by Crippen LogP contribution is -2.76. The summed E-state index contributed by atoms with van der Waals surface area (Å²) >= 11 is -0.423. The van der Waals surface area contributed by atoms with E-state index in [4.69, 9.17) is 0 Å². The van der Waals surface area contributed by atoms with Crippen molar-refractivity contribution in [3.8, 4) is 0 Å². The van der Waals surface area contributed by atoms with E-state index in [0.717, 1.165) is 0 Å². The first-order chi connectivity index (χ1) is 16.7. The summed E-state index contributed by atoms with van der Waals surface area (Å²) in [5, 5.41) is 0. The van der Waals surface area contributed by atoms with Crippen molar-refractivity contribution in [2.45, 2.75) is 77.5 Å². The molecule has 1 saturated heterocycles. The van der Waals surface area contributed by atoms with E-state index in [1.807, 2.05) is 0 Å². The molecule has 2 unspecified atom stereocenters. The lowest BCUT2D eigenvalue weighted by Gasteiger charge is -2.44. The molecule has 0 aromatic carbocycles. The van der Waals surface area contributed by atoms with Crippen molar-refractivity contribution in [1.82, 2.24) is 0 Å². The number of thioether (sulfide) groups is 1. The molecule has 0 aromatic heterocycles. The van der Waals surface area contributed by atoms with Gasteiger partial charge in [0.15, 0.2) is 5.50 Å². The fourth-order valence-electron chi connectivity index (χ4n) is 2.36. The number of hydrogen-bond acceptors (Lipinski definition) is 2. The fourth-order valence-corrected chi connectivity index (χ4v) is 3.30. The number of alkyl halides is 22. The molecule has 1 fully saturated rings. The Morgan fingerprint density at radius 1 is 0.513 bits per heavy atom. The number of rotatable bonds is 13. The van der Waals surface area contributed by atoms with Gasteiger partial charge in [-0.1, -0.05) is 0 Å². The molecule has 0 N–H and O–H groups in total. The quantitative estimate of drug-likeness (QED) is 0.147. The van der Waals surface area contributed by atoms with E-state index in [1.54, 1.807) is 0 Å². The summed E-state index contributed by atoms with van der Waals surface area (Å²) in [6.45, 7) is -0.140. The molecule has 0 aromatic rings. The summed E-state index contributed by atoms with van der Waals surface area (Å²) in [6.07, 6.45) is -12.2. The molecule has 234 valence electrons. The Hall–Kier alpha value is -1.23. The molecule has 0 radical (unpaired) electrons. The zero-order valence-corrected chi connectivity index (χ0v) is 18.2. The third-order valence-corrected chi connectivity index (χ3v) is 5.95. The third kappa shape index (κ3) is 5.17. The standard InChI is InChI=1S/C15H8F22OS/c16-5(39-3-4-2-38-4)1-6(17,18)7(19,20)8(21,22)9(23,24)10(25,26)11(27,28)12(29,30)13(31,32)14(33,34)15(35,36)37/h4-5H,1-3H2. The van der Waals surface area contributed by atoms with E-state index < -0.39 is 95.0 Å². The van der Waals surface area contributed by atoms with E-state index in [0.29, 0.717) is 0 Å². The predicted octanol–water partition coefficient (Wildman–Crippen LogP) is 8.08. The summed E-state index contributed by atoms with van der Waals surface area (Å²) in [4.78, 5) is 0. The van der Waals surface area contributed by atoms with Gasteiger partial charge in [-0.2, -0.15) is 92.2 Å². The average Bonchev–Trinajstić information content (AvgIpc) is 3.54. The molecule has 39 heavy (non-hydrogen) atoms. The highest BCUT2D eigenvalue weighted by molar-refractivity contribution is 7.99. The summed E-state index contributed by atoms with van der Waals surface area (Å²) in [6, 6.07) is 0. The Morgan fingerprint density at radius 3 is 1.08 bits per heavy atom. The number of ether oxygens (including phenoxy) is 1. The maximum atomic E-state index is 13.7. The Labute approximate surface area is 204 Å². The molecule has 24 heteroatoms. The molecule has 2 atom stereocenters. The molecular weight excluding hydrogens is 646 g/mol. The summed E-state index contributed by atoms with van der Waals surface area (Å²) in [7, 11) is 0. The largest absolute Gasteiger partial charge is 0.460 e. The van der Waals surface area contributed by atoms with Crippen LogP contribution >= 0.6 is 11.8 Å². The first-order valence-corrected chi connectivity index (χ1v) is 10.1. The van der Waals surface area contributed by atoms with Crippen LogP contribution in [0.15, 0.2) is 0 Å². The topological polar surface area (TPSA) is 12.5 Å². The second-order valence-electron chi connectivity index (χ2n) is 7.70. The predicted molar refractivity (Wildman–Crippen MR) is 82.3 cm³/mol. The minimum atomic E-state index is -9.22. The second-order valence-corrected chi connectivity index (χ2v) is 8.88. The van der Waals surface area contributed by atoms with Crippen molar-refractivity contribution in [1.29, 1.82) is 0 Å². The van der Waals surface area contributed by atoms with E-state index in [2.05, 4.69) is 4.74 Å². The molecule has 0 spiro atoms. The van der Waals surface area contributed by atoms with Crippen molar-refractivity contribution in [3.05, 3.63) is 0 Å². The number of halogens is 22. The van der Waals surface area contributed by atoms with Gasteiger partial charge < -0.3 is 4.74 Å². The van der Waals surface area contributed by atoms with Crippen molar-refractivity contribution in [3.63, 3.8) is 0 Å². The third-order valence-electron chi connectivity index (χ3n) is 4.86. The monoisotopic (exact) mass is 654 g/mol. The number of epoxide rings is 1. The Bertz CT molecular complexity index is 873. The van der Waals surface area contributed by atoms with Gasteiger partial charge in [0, 0.05) is 5.75 Å². The van der Waals surface area contributed by atoms with Crippen LogP contribution in [0.3, 0.4) is 0 Å². The molecule has 0 saturated carbocycles. The van der Waals surface area contributed by atoms with Gasteiger partial charge >= 0.3 is 59.5 Å². The Morgan fingerprint density at radius 2 is 0.795 bits per heavy atom. The van der Waals surface area contributed by atoms with Gasteiger partial charge in [-0.05, 0) is 0 Å². The van der Waals surface area contributed by atoms with Crippen molar-refractivity contribution >= 4 is 11.8 Å². The molecule has 1 nitrogen and oxygen atoms in total. The highest BCUT2D eigenvalue weighted by Crippen LogP contribution is 2.66. The van der Waals surface area contributed by atoms with Crippen molar-refractivity contribution in [2.75, 3.05) is 12.4 Å². The number of hydrogen-bond donors (Lipinski definition) is 0. The molecule has 0 aliphatic carbocycles. The lowest BCUT2D eigenvalue weighted by atomic mass is 9.86. The van der Waals surface area contributed by atoms with Crippen LogP contribution in [0.4, 0.5) is 96.6 Å². The molecular formula is C15H8F22OS. The minimum absolute atomic E-state index is 0.140. The zero-order chi connectivity index (χ0) is 31.7. The van der Waals surface area contributed by atoms with Gasteiger partial charge in [0.1, 0.15) is 0 Å². The molecule has 1 aliphatic rings. The first-order valence-electron chi connectivity index (χ1n) is 9.06. The SMILES string of the molecule is FC(CC(F)(F)C(F)(F)C(F)(F)C(F)(F)C(F)(F)C(F)(F)C(F)(F)C(F)(F)C(F)(F)C(F)(F)F)SCC1CO1. The maximum Gasteiger partial charge on any atom is 0.460 e. The highest BCUT2D eigenvalue weighted by Gasteiger charge is 2.97. The maximum absolute atomic E-state index is 13.7. The molecule has 1 heterocycles. The zero-order valence-electron chi connectivity index (χ0n) is 17.4. The van der Waals surface area contributed by atoms with Gasteiger partial charge in [0.25, 0.3) is 0 Å².